The Morgan fingerprint density at radius 1 is 0.902 bits per heavy atom. The Balaban J connectivity index is 1.24. The van der Waals surface area contributed by atoms with Crippen molar-refractivity contribution in [3.63, 3.8) is 0 Å². The standard InChI is InChI=1S/C31H21N7O2S/c1-17(39)26-10-11-27(41-26)21-8-5-9-23-28(21)36-30(35-23)29-22-13-24(33-16-25(22)37-38-29)19-12-20(15-32-14-19)34-31(40)18-6-3-2-4-7-18/h2-16H,1H3,(H,34,40)(H,35,36)(H,37,38). The zero-order valence-corrected chi connectivity index (χ0v) is 22.5. The van der Waals surface area contributed by atoms with Crippen molar-refractivity contribution in [2.45, 2.75) is 6.92 Å². The molecule has 5 aromatic heterocycles. The predicted molar refractivity (Wildman–Crippen MR) is 160 cm³/mol. The Kier molecular flexibility index (Phi) is 5.94. The molecule has 0 bridgehead atoms. The Bertz CT molecular complexity index is 2090. The van der Waals surface area contributed by atoms with Crippen molar-refractivity contribution in [2.24, 2.45) is 0 Å². The fourth-order valence-electron chi connectivity index (χ4n) is 4.71. The van der Waals surface area contributed by atoms with Gasteiger partial charge in [0.2, 0.25) is 0 Å². The van der Waals surface area contributed by atoms with E-state index in [1.807, 2.05) is 60.7 Å². The zero-order valence-electron chi connectivity index (χ0n) is 21.7. The van der Waals surface area contributed by atoms with Gasteiger partial charge in [0.1, 0.15) is 5.69 Å². The lowest BCUT2D eigenvalue weighted by atomic mass is 10.1. The number of hydrogen-bond donors (Lipinski definition) is 3. The van der Waals surface area contributed by atoms with Gasteiger partial charge in [0.05, 0.1) is 45.2 Å². The molecule has 0 unspecified atom stereocenters. The number of aromatic amines is 2. The summed E-state index contributed by atoms with van der Waals surface area (Å²) >= 11 is 1.46. The number of para-hydroxylation sites is 1. The van der Waals surface area contributed by atoms with E-state index in [9.17, 15) is 9.59 Å². The van der Waals surface area contributed by atoms with Crippen LogP contribution < -0.4 is 5.32 Å². The number of Topliss-reactive ketones (excluding diaryl/α,β-unsaturated/α-hetero) is 1. The number of thiophene rings is 1. The average molecular weight is 556 g/mol. The minimum atomic E-state index is -0.214. The average Bonchev–Trinajstić information content (AvgIpc) is 3.75. The number of benzene rings is 2. The Morgan fingerprint density at radius 3 is 2.61 bits per heavy atom. The quantitative estimate of drug-likeness (QED) is 0.195. The third-order valence-electron chi connectivity index (χ3n) is 6.73. The second-order valence-electron chi connectivity index (χ2n) is 9.48. The van der Waals surface area contributed by atoms with Gasteiger partial charge in [0, 0.05) is 33.2 Å². The number of imidazole rings is 1. The molecule has 10 heteroatoms. The fraction of sp³-hybridized carbons (Fsp3) is 0.0323. The number of carbonyl (C=O) groups excluding carboxylic acids is 2. The molecule has 1 amide bonds. The van der Waals surface area contributed by atoms with Crippen LogP contribution in [0.5, 0.6) is 0 Å². The first-order valence-electron chi connectivity index (χ1n) is 12.8. The first-order valence-corrected chi connectivity index (χ1v) is 13.6. The molecule has 7 aromatic rings. The Labute approximate surface area is 237 Å². The first-order chi connectivity index (χ1) is 20.0. The summed E-state index contributed by atoms with van der Waals surface area (Å²) in [5.41, 5.74) is 6.59. The number of hydrogen-bond acceptors (Lipinski definition) is 7. The second kappa shape index (κ2) is 9.92. The maximum absolute atomic E-state index is 12.6. The SMILES string of the molecule is CC(=O)c1ccc(-c2cccc3[nH]c(-c4n[nH]c5cnc(-c6cncc(NC(=O)c7ccccc7)c6)cc45)nc23)s1. The van der Waals surface area contributed by atoms with Crippen LogP contribution in [0.4, 0.5) is 5.69 Å². The molecule has 0 spiro atoms. The summed E-state index contributed by atoms with van der Waals surface area (Å²) in [6.07, 6.45) is 5.03. The molecule has 7 rings (SSSR count). The van der Waals surface area contributed by atoms with Crippen molar-refractivity contribution < 1.29 is 9.59 Å². The minimum Gasteiger partial charge on any atom is -0.337 e. The number of pyridine rings is 2. The molecule has 198 valence electrons. The number of H-pyrrole nitrogens is 2. The van der Waals surface area contributed by atoms with Crippen LogP contribution in [0, 0.1) is 0 Å². The number of ketones is 1. The van der Waals surface area contributed by atoms with Crippen LogP contribution in [0.3, 0.4) is 0 Å². The molecular formula is C31H21N7O2S. The van der Waals surface area contributed by atoms with Crippen LogP contribution in [-0.4, -0.2) is 41.8 Å². The van der Waals surface area contributed by atoms with Gasteiger partial charge in [0.25, 0.3) is 5.91 Å². The molecule has 0 fully saturated rings. The largest absolute Gasteiger partial charge is 0.337 e. The molecular weight excluding hydrogens is 534 g/mol. The monoisotopic (exact) mass is 555 g/mol. The number of anilines is 1. The lowest BCUT2D eigenvalue weighted by Crippen LogP contribution is -2.11. The van der Waals surface area contributed by atoms with E-state index in [0.29, 0.717) is 33.3 Å². The van der Waals surface area contributed by atoms with E-state index in [1.54, 1.807) is 37.6 Å². The van der Waals surface area contributed by atoms with E-state index in [2.05, 4.69) is 30.5 Å². The van der Waals surface area contributed by atoms with E-state index in [4.69, 9.17) is 4.98 Å². The Morgan fingerprint density at radius 2 is 1.78 bits per heavy atom. The molecule has 0 saturated heterocycles. The maximum Gasteiger partial charge on any atom is 0.255 e. The smallest absolute Gasteiger partial charge is 0.255 e. The minimum absolute atomic E-state index is 0.0443. The van der Waals surface area contributed by atoms with Gasteiger partial charge < -0.3 is 10.3 Å². The zero-order chi connectivity index (χ0) is 27.9. The van der Waals surface area contributed by atoms with Crippen molar-refractivity contribution in [3.8, 4) is 33.2 Å². The molecule has 5 heterocycles. The summed E-state index contributed by atoms with van der Waals surface area (Å²) in [5, 5.41) is 11.3. The van der Waals surface area contributed by atoms with Crippen molar-refractivity contribution in [3.05, 3.63) is 102 Å². The van der Waals surface area contributed by atoms with E-state index in [0.717, 1.165) is 37.9 Å². The molecule has 0 aliphatic heterocycles. The van der Waals surface area contributed by atoms with Crippen LogP contribution in [0.25, 0.3) is 55.2 Å². The van der Waals surface area contributed by atoms with Crippen molar-refractivity contribution >= 4 is 50.7 Å². The van der Waals surface area contributed by atoms with E-state index in [-0.39, 0.29) is 11.7 Å². The van der Waals surface area contributed by atoms with Gasteiger partial charge in [-0.25, -0.2) is 4.98 Å². The first kappa shape index (κ1) is 24.6. The highest BCUT2D eigenvalue weighted by Gasteiger charge is 2.17. The molecule has 0 atom stereocenters. The molecule has 0 radical (unpaired) electrons. The molecule has 41 heavy (non-hydrogen) atoms. The van der Waals surface area contributed by atoms with Gasteiger partial charge in [-0.3, -0.25) is 24.7 Å². The van der Waals surface area contributed by atoms with Crippen molar-refractivity contribution in [1.29, 1.82) is 0 Å². The van der Waals surface area contributed by atoms with E-state index in [1.165, 1.54) is 11.3 Å². The molecule has 3 N–H and O–H groups in total. The van der Waals surface area contributed by atoms with Gasteiger partial charge in [-0.05, 0) is 49.4 Å². The number of nitrogens with one attached hydrogen (secondary N) is 3. The number of rotatable bonds is 6. The topological polar surface area (TPSA) is 129 Å². The van der Waals surface area contributed by atoms with Gasteiger partial charge in [-0.1, -0.05) is 30.3 Å². The molecule has 0 saturated carbocycles. The van der Waals surface area contributed by atoms with E-state index >= 15 is 0 Å². The third-order valence-corrected chi connectivity index (χ3v) is 7.95. The Hall–Kier alpha value is -5.48. The molecule has 0 aliphatic carbocycles. The summed E-state index contributed by atoms with van der Waals surface area (Å²) in [4.78, 5) is 43.4. The van der Waals surface area contributed by atoms with Crippen molar-refractivity contribution in [1.82, 2.24) is 30.1 Å². The number of carbonyl (C=O) groups is 2. The van der Waals surface area contributed by atoms with Crippen LogP contribution >= 0.6 is 11.3 Å². The number of aromatic nitrogens is 6. The number of fused-ring (bicyclic) bond motifs is 2. The third kappa shape index (κ3) is 4.56. The van der Waals surface area contributed by atoms with Crippen LogP contribution in [-0.2, 0) is 0 Å². The highest BCUT2D eigenvalue weighted by molar-refractivity contribution is 7.17. The van der Waals surface area contributed by atoms with Crippen LogP contribution in [0.2, 0.25) is 0 Å². The van der Waals surface area contributed by atoms with Crippen LogP contribution in [0.15, 0.2) is 91.4 Å². The molecule has 2 aromatic carbocycles. The van der Waals surface area contributed by atoms with Gasteiger partial charge in [0.15, 0.2) is 11.6 Å². The predicted octanol–water partition coefficient (Wildman–Crippen LogP) is 6.75. The molecule has 9 nitrogen and oxygen atoms in total. The lowest BCUT2D eigenvalue weighted by Gasteiger charge is -2.07. The van der Waals surface area contributed by atoms with Gasteiger partial charge in [-0.15, -0.1) is 11.3 Å². The summed E-state index contributed by atoms with van der Waals surface area (Å²) in [7, 11) is 0. The maximum atomic E-state index is 12.6. The summed E-state index contributed by atoms with van der Waals surface area (Å²) in [6, 6.07) is 22.5. The number of amides is 1. The summed E-state index contributed by atoms with van der Waals surface area (Å²) in [6.45, 7) is 1.57. The lowest BCUT2D eigenvalue weighted by molar-refractivity contribution is 0.101. The normalized spacial score (nSPS) is 11.2. The fourth-order valence-corrected chi connectivity index (χ4v) is 5.64. The summed E-state index contributed by atoms with van der Waals surface area (Å²) in [5.74, 6) is 0.443. The number of nitrogens with zero attached hydrogens (tertiary/aromatic N) is 4. The van der Waals surface area contributed by atoms with Gasteiger partial charge in [-0.2, -0.15) is 5.10 Å². The summed E-state index contributed by atoms with van der Waals surface area (Å²) < 4.78 is 0. The highest BCUT2D eigenvalue weighted by atomic mass is 32.1. The van der Waals surface area contributed by atoms with Crippen LogP contribution in [0.1, 0.15) is 27.0 Å². The second-order valence-corrected chi connectivity index (χ2v) is 10.6. The van der Waals surface area contributed by atoms with E-state index < -0.39 is 0 Å². The van der Waals surface area contributed by atoms with Gasteiger partial charge >= 0.3 is 0 Å². The highest BCUT2D eigenvalue weighted by Crippen LogP contribution is 2.35. The van der Waals surface area contributed by atoms with Crippen molar-refractivity contribution in [2.75, 3.05) is 5.32 Å². The molecule has 0 aliphatic rings.